The molecule has 0 saturated carbocycles. The number of unbranched alkanes of at least 4 members (excludes halogenated alkanes) is 1. The van der Waals surface area contributed by atoms with Gasteiger partial charge in [0.25, 0.3) is 0 Å². The van der Waals surface area contributed by atoms with E-state index < -0.39 is 0 Å². The molecule has 0 fully saturated rings. The zero-order valence-electron chi connectivity index (χ0n) is 6.65. The van der Waals surface area contributed by atoms with Gasteiger partial charge in [0, 0.05) is 0 Å². The van der Waals surface area contributed by atoms with Crippen molar-refractivity contribution in [2.45, 2.75) is 26.7 Å². The molecule has 9 heavy (non-hydrogen) atoms. The maximum atomic E-state index is 2.47. The number of rotatable bonds is 5. The van der Waals surface area contributed by atoms with Crippen molar-refractivity contribution in [2.75, 3.05) is 18.0 Å². The van der Waals surface area contributed by atoms with Crippen molar-refractivity contribution in [3.05, 3.63) is 0 Å². The number of alkyl halides is 1. The Hall–Kier alpha value is 0.690. The van der Waals surface area contributed by atoms with Crippen molar-refractivity contribution in [1.29, 1.82) is 0 Å². The molecule has 0 aliphatic carbocycles. The molecule has 1 nitrogen and oxygen atoms in total. The van der Waals surface area contributed by atoms with Gasteiger partial charge in [-0.05, 0) is 0 Å². The summed E-state index contributed by atoms with van der Waals surface area (Å²) in [5.74, 6) is 0. The summed E-state index contributed by atoms with van der Waals surface area (Å²) >= 11 is 0.389. The predicted molar refractivity (Wildman–Crippen MR) is 38.1 cm³/mol. The Morgan fingerprint density at radius 3 is 2.44 bits per heavy atom. The Labute approximate surface area is 69.4 Å². The topological polar surface area (TPSA) is 3.24 Å². The van der Waals surface area contributed by atoms with Crippen molar-refractivity contribution in [3.8, 4) is 0 Å². The molecule has 0 atom stereocenters. The van der Waals surface area contributed by atoms with Crippen molar-refractivity contribution in [2.24, 2.45) is 0 Å². The zero-order chi connectivity index (χ0) is 7.11. The molecule has 0 saturated heterocycles. The molecule has 0 amide bonds. The van der Waals surface area contributed by atoms with Crippen LogP contribution in [0.1, 0.15) is 26.7 Å². The monoisotopic (exact) mass is 242 g/mol. The third-order valence-corrected chi connectivity index (χ3v) is 4.30. The zero-order valence-corrected chi connectivity index (χ0v) is 8.81. The van der Waals surface area contributed by atoms with Gasteiger partial charge in [-0.1, -0.05) is 0 Å². The molecule has 2 heteroatoms. The van der Waals surface area contributed by atoms with Crippen LogP contribution in [-0.4, -0.2) is 21.1 Å². The third kappa shape index (κ3) is 6.58. The van der Waals surface area contributed by atoms with Crippen molar-refractivity contribution in [1.82, 2.24) is 3.11 Å². The summed E-state index contributed by atoms with van der Waals surface area (Å²) in [5, 5.41) is 0. The average Bonchev–Trinajstić information content (AvgIpc) is 1.89. The van der Waals surface area contributed by atoms with Gasteiger partial charge < -0.3 is 0 Å². The van der Waals surface area contributed by atoms with Crippen LogP contribution in [0.5, 0.6) is 0 Å². The molecule has 0 aliphatic heterocycles. The van der Waals surface area contributed by atoms with Gasteiger partial charge in [0.05, 0.1) is 0 Å². The standard InChI is InChI=1S/C7H17IN/c1-4-6-7-8-9(3)5-2/h4-7H2,1-3H3/q-1. The number of nitrogens with zero attached hydrogens (tertiary/aromatic N) is 1. The van der Waals surface area contributed by atoms with Crippen LogP contribution in [-0.2, 0) is 0 Å². The van der Waals surface area contributed by atoms with Crippen LogP contribution in [0, 0.1) is 0 Å². The number of halogens is 1. The molecular formula is C7H17IN-. The Balaban J connectivity index is 2.88. The fourth-order valence-electron chi connectivity index (χ4n) is 0.422. The van der Waals surface area contributed by atoms with E-state index in [4.69, 9.17) is 0 Å². The summed E-state index contributed by atoms with van der Waals surface area (Å²) in [5.41, 5.74) is 0. The van der Waals surface area contributed by atoms with Crippen LogP contribution in [0.2, 0.25) is 0 Å². The van der Waals surface area contributed by atoms with Gasteiger partial charge >= 0.3 is 69.3 Å². The van der Waals surface area contributed by atoms with E-state index in [0.29, 0.717) is 21.5 Å². The molecule has 0 unspecified atom stereocenters. The molecule has 0 aromatic rings. The first-order chi connectivity index (χ1) is 4.31. The van der Waals surface area contributed by atoms with E-state index >= 15 is 0 Å². The maximum absolute atomic E-state index is 2.47. The van der Waals surface area contributed by atoms with Gasteiger partial charge in [-0.25, -0.2) is 0 Å². The summed E-state index contributed by atoms with van der Waals surface area (Å²) in [6.07, 6.45) is 2.79. The predicted octanol–water partition coefficient (Wildman–Crippen LogP) is -1.26. The molecule has 0 aromatic heterocycles. The molecule has 0 rings (SSSR count). The Kier molecular flexibility index (Phi) is 7.33. The molecular weight excluding hydrogens is 225 g/mol. The van der Waals surface area contributed by atoms with E-state index in [9.17, 15) is 0 Å². The summed E-state index contributed by atoms with van der Waals surface area (Å²) < 4.78 is 3.94. The van der Waals surface area contributed by atoms with E-state index in [1.807, 2.05) is 0 Å². The fourth-order valence-corrected chi connectivity index (χ4v) is 2.83. The molecule has 0 heterocycles. The molecule has 58 valence electrons. The third-order valence-electron chi connectivity index (χ3n) is 1.21. The first kappa shape index (κ1) is 9.69. The van der Waals surface area contributed by atoms with Crippen LogP contribution >= 0.6 is 0 Å². The second-order valence-electron chi connectivity index (χ2n) is 2.08. The number of hydrogen-bond donors (Lipinski definition) is 0. The van der Waals surface area contributed by atoms with Gasteiger partial charge in [-0.3, -0.25) is 0 Å². The van der Waals surface area contributed by atoms with Crippen molar-refractivity contribution in [3.63, 3.8) is 0 Å². The average molecular weight is 242 g/mol. The summed E-state index contributed by atoms with van der Waals surface area (Å²) in [4.78, 5) is 0. The summed E-state index contributed by atoms with van der Waals surface area (Å²) in [7, 11) is 2.23. The van der Waals surface area contributed by atoms with Crippen LogP contribution in [0.4, 0.5) is 0 Å². The minimum absolute atomic E-state index is 0.389. The first-order valence-corrected chi connectivity index (χ1v) is 6.10. The van der Waals surface area contributed by atoms with Gasteiger partial charge in [0.15, 0.2) is 0 Å². The van der Waals surface area contributed by atoms with Crippen LogP contribution in [0.3, 0.4) is 0 Å². The van der Waals surface area contributed by atoms with Gasteiger partial charge in [0.1, 0.15) is 0 Å². The quantitative estimate of drug-likeness (QED) is 0.252. The Bertz CT molecular complexity index is 56.9. The van der Waals surface area contributed by atoms with Gasteiger partial charge in [-0.15, -0.1) is 0 Å². The van der Waals surface area contributed by atoms with Crippen molar-refractivity contribution < 1.29 is 21.5 Å². The molecule has 0 N–H and O–H groups in total. The van der Waals surface area contributed by atoms with E-state index in [1.165, 1.54) is 23.8 Å². The van der Waals surface area contributed by atoms with Crippen LogP contribution in [0.15, 0.2) is 0 Å². The SMILES string of the molecule is CCCC[I-]N(C)CC. The van der Waals surface area contributed by atoms with Gasteiger partial charge in [0.2, 0.25) is 0 Å². The molecule has 0 radical (unpaired) electrons. The molecule has 0 aromatic carbocycles. The number of hydrogen-bond acceptors (Lipinski definition) is 1. The molecule has 0 spiro atoms. The second-order valence-corrected chi connectivity index (χ2v) is 5.49. The molecule has 0 bridgehead atoms. The first-order valence-electron chi connectivity index (χ1n) is 3.61. The minimum atomic E-state index is 0.389. The normalized spacial score (nSPS) is 11.1. The van der Waals surface area contributed by atoms with E-state index in [2.05, 4.69) is 24.0 Å². The van der Waals surface area contributed by atoms with E-state index in [1.54, 1.807) is 0 Å². The van der Waals surface area contributed by atoms with E-state index in [0.717, 1.165) is 0 Å². The fraction of sp³-hybridized carbons (Fsp3) is 1.00. The van der Waals surface area contributed by atoms with Crippen LogP contribution < -0.4 is 21.5 Å². The van der Waals surface area contributed by atoms with Crippen LogP contribution in [0.25, 0.3) is 0 Å². The van der Waals surface area contributed by atoms with E-state index in [-0.39, 0.29) is 0 Å². The summed E-state index contributed by atoms with van der Waals surface area (Å²) in [6, 6.07) is 0. The van der Waals surface area contributed by atoms with Crippen molar-refractivity contribution >= 4 is 0 Å². The Morgan fingerprint density at radius 2 is 2.00 bits per heavy atom. The summed E-state index contributed by atoms with van der Waals surface area (Å²) in [6.45, 7) is 5.72. The second kappa shape index (κ2) is 6.81. The Morgan fingerprint density at radius 1 is 1.33 bits per heavy atom. The van der Waals surface area contributed by atoms with Gasteiger partial charge in [-0.2, -0.15) is 0 Å². The molecule has 0 aliphatic rings.